The van der Waals surface area contributed by atoms with Gasteiger partial charge >= 0.3 is 0 Å². The standard InChI is InChI=1S/C21H27FN4O3S/c1-20(2,28)11-5-6-12(14(22)9-11)15-10-13(18(25)27)19(30-15)26-17(24)8-7-16(23)21(3,4)29/h5-10,26,28-29H,23-24H2,1-4H3,(H2,25,27)/b16-7-,17-8+. The van der Waals surface area contributed by atoms with Crippen molar-refractivity contribution in [2.75, 3.05) is 5.32 Å². The Morgan fingerprint density at radius 3 is 2.23 bits per heavy atom. The molecule has 0 aliphatic heterocycles. The second kappa shape index (κ2) is 8.47. The molecule has 0 aliphatic carbocycles. The molecule has 30 heavy (non-hydrogen) atoms. The SMILES string of the molecule is CC(C)(O)/C(N)=C/C=C(\N)Nc1sc(-c2ccc(C(C)(C)O)cc2F)cc1C(N)=O. The molecule has 0 saturated heterocycles. The van der Waals surface area contributed by atoms with Gasteiger partial charge in [-0.25, -0.2) is 4.39 Å². The van der Waals surface area contributed by atoms with E-state index in [0.717, 1.165) is 11.3 Å². The molecule has 0 spiro atoms. The lowest BCUT2D eigenvalue weighted by Gasteiger charge is -2.18. The fourth-order valence-corrected chi connectivity index (χ4v) is 3.56. The van der Waals surface area contributed by atoms with Crippen molar-refractivity contribution in [1.29, 1.82) is 0 Å². The molecule has 1 heterocycles. The van der Waals surface area contributed by atoms with Gasteiger partial charge < -0.3 is 32.7 Å². The van der Waals surface area contributed by atoms with Crippen LogP contribution in [-0.2, 0) is 5.60 Å². The summed E-state index contributed by atoms with van der Waals surface area (Å²) in [6, 6.07) is 5.89. The van der Waals surface area contributed by atoms with Crippen LogP contribution in [0.5, 0.6) is 0 Å². The zero-order chi connectivity index (χ0) is 22.9. The van der Waals surface area contributed by atoms with Gasteiger partial charge in [0.2, 0.25) is 0 Å². The molecule has 0 unspecified atom stereocenters. The minimum absolute atomic E-state index is 0.149. The summed E-state index contributed by atoms with van der Waals surface area (Å²) in [6.45, 7) is 6.19. The van der Waals surface area contributed by atoms with E-state index in [1.807, 2.05) is 0 Å². The number of hydrogen-bond donors (Lipinski definition) is 6. The molecule has 0 radical (unpaired) electrons. The van der Waals surface area contributed by atoms with Crippen molar-refractivity contribution in [2.45, 2.75) is 38.9 Å². The predicted molar refractivity (Wildman–Crippen MR) is 118 cm³/mol. The van der Waals surface area contributed by atoms with Gasteiger partial charge in [0.05, 0.1) is 16.8 Å². The summed E-state index contributed by atoms with van der Waals surface area (Å²) in [6.07, 6.45) is 2.88. The molecular weight excluding hydrogens is 407 g/mol. The van der Waals surface area contributed by atoms with Gasteiger partial charge in [-0.1, -0.05) is 12.1 Å². The molecule has 1 aromatic carbocycles. The highest BCUT2D eigenvalue weighted by atomic mass is 32.1. The van der Waals surface area contributed by atoms with Crippen molar-refractivity contribution >= 4 is 22.2 Å². The molecule has 0 atom stereocenters. The summed E-state index contributed by atoms with van der Waals surface area (Å²) in [5, 5.41) is 23.1. The van der Waals surface area contributed by atoms with Crippen LogP contribution in [0.3, 0.4) is 0 Å². The van der Waals surface area contributed by atoms with Gasteiger partial charge in [-0.3, -0.25) is 4.79 Å². The third-order valence-electron chi connectivity index (χ3n) is 4.35. The van der Waals surface area contributed by atoms with Crippen molar-refractivity contribution in [2.24, 2.45) is 17.2 Å². The molecule has 1 aromatic heterocycles. The number of anilines is 1. The van der Waals surface area contributed by atoms with Crippen LogP contribution in [0.4, 0.5) is 9.39 Å². The summed E-state index contributed by atoms with van der Waals surface area (Å²) >= 11 is 1.10. The molecule has 9 heteroatoms. The summed E-state index contributed by atoms with van der Waals surface area (Å²) in [5.41, 5.74) is 15.8. The molecule has 162 valence electrons. The van der Waals surface area contributed by atoms with Gasteiger partial charge in [-0.05, 0) is 57.5 Å². The third kappa shape index (κ3) is 5.59. The number of hydrogen-bond acceptors (Lipinski definition) is 7. The number of primary amides is 1. The molecule has 0 aliphatic rings. The van der Waals surface area contributed by atoms with Crippen LogP contribution in [0.1, 0.15) is 43.6 Å². The fourth-order valence-electron chi connectivity index (χ4n) is 2.45. The second-order valence-electron chi connectivity index (χ2n) is 7.90. The number of halogens is 1. The highest BCUT2D eigenvalue weighted by Gasteiger charge is 2.21. The lowest BCUT2D eigenvalue weighted by atomic mass is 9.96. The van der Waals surface area contributed by atoms with E-state index in [1.54, 1.807) is 19.9 Å². The Morgan fingerprint density at radius 2 is 1.73 bits per heavy atom. The van der Waals surface area contributed by atoms with Crippen LogP contribution < -0.4 is 22.5 Å². The van der Waals surface area contributed by atoms with Gasteiger partial charge in [0, 0.05) is 16.1 Å². The van der Waals surface area contributed by atoms with E-state index in [-0.39, 0.29) is 22.6 Å². The summed E-state index contributed by atoms with van der Waals surface area (Å²) in [7, 11) is 0. The first-order valence-corrected chi connectivity index (χ1v) is 9.91. The van der Waals surface area contributed by atoms with Gasteiger partial charge in [0.1, 0.15) is 16.6 Å². The van der Waals surface area contributed by atoms with Crippen molar-refractivity contribution in [1.82, 2.24) is 0 Å². The maximum atomic E-state index is 14.7. The van der Waals surface area contributed by atoms with Crippen molar-refractivity contribution in [3.05, 3.63) is 64.9 Å². The number of nitrogens with one attached hydrogen (secondary N) is 1. The Hall–Kier alpha value is -2.88. The number of allylic oxidation sites excluding steroid dienone is 2. The Labute approximate surface area is 178 Å². The first-order valence-electron chi connectivity index (χ1n) is 9.09. The fraction of sp³-hybridized carbons (Fsp3) is 0.286. The van der Waals surface area contributed by atoms with Crippen LogP contribution in [0.2, 0.25) is 0 Å². The quantitative estimate of drug-likeness (QED) is 0.369. The van der Waals surface area contributed by atoms with Crippen LogP contribution in [-0.4, -0.2) is 21.7 Å². The van der Waals surface area contributed by atoms with E-state index in [2.05, 4.69) is 5.32 Å². The maximum absolute atomic E-state index is 14.7. The van der Waals surface area contributed by atoms with E-state index in [0.29, 0.717) is 15.4 Å². The van der Waals surface area contributed by atoms with Crippen molar-refractivity contribution < 1.29 is 19.4 Å². The average molecular weight is 435 g/mol. The number of benzene rings is 1. The van der Waals surface area contributed by atoms with Crippen LogP contribution in [0, 0.1) is 5.82 Å². The van der Waals surface area contributed by atoms with Crippen LogP contribution in [0.15, 0.2) is 47.9 Å². The monoisotopic (exact) mass is 434 g/mol. The summed E-state index contributed by atoms with van der Waals surface area (Å²) < 4.78 is 14.7. The predicted octanol–water partition coefficient (Wildman–Crippen LogP) is 2.71. The normalized spacial score (nSPS) is 13.4. The summed E-state index contributed by atoms with van der Waals surface area (Å²) in [4.78, 5) is 12.3. The van der Waals surface area contributed by atoms with Gasteiger partial charge in [0.25, 0.3) is 5.91 Å². The zero-order valence-corrected chi connectivity index (χ0v) is 18.1. The average Bonchev–Trinajstić information content (AvgIpc) is 3.01. The van der Waals surface area contributed by atoms with Gasteiger partial charge in [-0.15, -0.1) is 11.3 Å². The van der Waals surface area contributed by atoms with E-state index in [4.69, 9.17) is 17.2 Å². The number of rotatable bonds is 7. The largest absolute Gasteiger partial charge is 0.400 e. The highest BCUT2D eigenvalue weighted by Crippen LogP contribution is 2.38. The Morgan fingerprint density at radius 1 is 1.10 bits per heavy atom. The Bertz CT molecular complexity index is 1010. The third-order valence-corrected chi connectivity index (χ3v) is 5.43. The van der Waals surface area contributed by atoms with Crippen molar-refractivity contribution in [3.63, 3.8) is 0 Å². The van der Waals surface area contributed by atoms with E-state index < -0.39 is 22.9 Å². The molecule has 7 nitrogen and oxygen atoms in total. The lowest BCUT2D eigenvalue weighted by molar-refractivity contribution is 0.0782. The van der Waals surface area contributed by atoms with E-state index in [1.165, 1.54) is 44.2 Å². The second-order valence-corrected chi connectivity index (χ2v) is 8.95. The van der Waals surface area contributed by atoms with Gasteiger partial charge in [-0.2, -0.15) is 0 Å². The summed E-state index contributed by atoms with van der Waals surface area (Å²) in [5.74, 6) is -1.09. The number of carbonyl (C=O) groups excluding carboxylic acids is 1. The smallest absolute Gasteiger partial charge is 0.251 e. The number of carbonyl (C=O) groups is 1. The first-order chi connectivity index (χ1) is 13.7. The minimum Gasteiger partial charge on any atom is -0.400 e. The van der Waals surface area contributed by atoms with E-state index in [9.17, 15) is 19.4 Å². The molecule has 0 fully saturated rings. The molecule has 9 N–H and O–H groups in total. The van der Waals surface area contributed by atoms with Gasteiger partial charge in [0.15, 0.2) is 0 Å². The minimum atomic E-state index is -1.21. The molecule has 2 rings (SSSR count). The Kier molecular flexibility index (Phi) is 6.60. The van der Waals surface area contributed by atoms with E-state index >= 15 is 0 Å². The molecular formula is C21H27FN4O3S. The maximum Gasteiger partial charge on any atom is 0.251 e. The molecule has 1 amide bonds. The number of aliphatic hydroxyl groups is 2. The molecule has 0 bridgehead atoms. The van der Waals surface area contributed by atoms with Crippen LogP contribution in [0.25, 0.3) is 10.4 Å². The van der Waals surface area contributed by atoms with Crippen molar-refractivity contribution in [3.8, 4) is 10.4 Å². The highest BCUT2D eigenvalue weighted by molar-refractivity contribution is 7.19. The molecule has 0 saturated carbocycles. The zero-order valence-electron chi connectivity index (χ0n) is 17.3. The van der Waals surface area contributed by atoms with Crippen LogP contribution >= 0.6 is 11.3 Å². The number of thiophene rings is 1. The number of nitrogens with two attached hydrogens (primary N) is 3. The first kappa shape index (κ1) is 23.4. The topological polar surface area (TPSA) is 148 Å². The lowest BCUT2D eigenvalue weighted by Crippen LogP contribution is -2.27. The molecule has 2 aromatic rings. The number of amides is 1. The Balaban J connectivity index is 2.40.